The number of aromatic nitrogens is 1. The third-order valence-electron chi connectivity index (χ3n) is 6.34. The molecule has 9 heteroatoms. The van der Waals surface area contributed by atoms with E-state index in [9.17, 15) is 19.1 Å². The van der Waals surface area contributed by atoms with E-state index < -0.39 is 29.3 Å². The molecule has 0 spiro atoms. The van der Waals surface area contributed by atoms with Crippen LogP contribution >= 0.6 is 11.3 Å². The number of halogens is 1. The van der Waals surface area contributed by atoms with Crippen molar-refractivity contribution in [1.82, 2.24) is 4.98 Å². The summed E-state index contributed by atoms with van der Waals surface area (Å²) in [6.07, 6.45) is 0.844. The number of carbonyl (C=O) groups excluding carboxylic acids is 2. The summed E-state index contributed by atoms with van der Waals surface area (Å²) in [5.41, 5.74) is 2.41. The van der Waals surface area contributed by atoms with Crippen LogP contribution < -0.4 is 14.4 Å². The van der Waals surface area contributed by atoms with Crippen LogP contribution in [0.5, 0.6) is 11.5 Å². The van der Waals surface area contributed by atoms with E-state index in [0.717, 1.165) is 16.7 Å². The highest BCUT2D eigenvalue weighted by Gasteiger charge is 2.48. The third-order valence-corrected chi connectivity index (χ3v) is 7.36. The second-order valence-electron chi connectivity index (χ2n) is 8.44. The number of nitrogens with zero attached hydrogens (tertiary/aromatic N) is 2. The summed E-state index contributed by atoms with van der Waals surface area (Å²) >= 11 is 1.29. The topological polar surface area (TPSA) is 89.0 Å². The van der Waals surface area contributed by atoms with Gasteiger partial charge in [-0.3, -0.25) is 14.5 Å². The molecule has 3 aromatic carbocycles. The number of carbonyl (C=O) groups is 2. The van der Waals surface area contributed by atoms with Crippen LogP contribution in [0.4, 0.5) is 9.52 Å². The Morgan fingerprint density at radius 1 is 1.03 bits per heavy atom. The van der Waals surface area contributed by atoms with Gasteiger partial charge in [0.1, 0.15) is 11.6 Å². The Bertz CT molecular complexity index is 1560. The number of thiazole rings is 1. The maximum Gasteiger partial charge on any atom is 0.301 e. The molecular formula is C28H23FN2O5S. The zero-order valence-electron chi connectivity index (χ0n) is 20.3. The van der Waals surface area contributed by atoms with E-state index in [1.54, 1.807) is 18.2 Å². The highest BCUT2D eigenvalue weighted by atomic mass is 32.1. The first kappa shape index (κ1) is 24.5. The summed E-state index contributed by atoms with van der Waals surface area (Å²) in [6, 6.07) is 14.9. The van der Waals surface area contributed by atoms with E-state index in [1.165, 1.54) is 54.7 Å². The second-order valence-corrected chi connectivity index (χ2v) is 9.45. The average Bonchev–Trinajstić information content (AvgIpc) is 3.45. The van der Waals surface area contributed by atoms with Gasteiger partial charge in [0, 0.05) is 5.56 Å². The van der Waals surface area contributed by atoms with Crippen LogP contribution in [-0.4, -0.2) is 36.0 Å². The molecule has 0 radical (unpaired) electrons. The molecule has 37 heavy (non-hydrogen) atoms. The van der Waals surface area contributed by atoms with Crippen LogP contribution in [0.2, 0.25) is 0 Å². The normalized spacial score (nSPS) is 17.0. The zero-order chi connectivity index (χ0) is 26.3. The number of anilines is 1. The zero-order valence-corrected chi connectivity index (χ0v) is 21.1. The number of hydrogen-bond acceptors (Lipinski definition) is 7. The van der Waals surface area contributed by atoms with E-state index in [0.29, 0.717) is 27.7 Å². The lowest BCUT2D eigenvalue weighted by Gasteiger charge is -2.23. The van der Waals surface area contributed by atoms with Gasteiger partial charge in [0.25, 0.3) is 5.78 Å². The summed E-state index contributed by atoms with van der Waals surface area (Å²) in [6.45, 7) is 2.05. The van der Waals surface area contributed by atoms with Crippen LogP contribution in [0.15, 0.2) is 66.2 Å². The van der Waals surface area contributed by atoms with Gasteiger partial charge in [-0.25, -0.2) is 9.37 Å². The number of ketones is 1. The molecule has 1 N–H and O–H groups in total. The predicted molar refractivity (Wildman–Crippen MR) is 140 cm³/mol. The van der Waals surface area contributed by atoms with Crippen molar-refractivity contribution < 1.29 is 28.6 Å². The minimum absolute atomic E-state index is 0.127. The van der Waals surface area contributed by atoms with Gasteiger partial charge in [-0.1, -0.05) is 30.4 Å². The first-order valence-corrected chi connectivity index (χ1v) is 12.4. The smallest absolute Gasteiger partial charge is 0.301 e. The largest absolute Gasteiger partial charge is 0.507 e. The number of methoxy groups -OCH3 is 2. The lowest BCUT2D eigenvalue weighted by Crippen LogP contribution is -2.29. The van der Waals surface area contributed by atoms with Crippen LogP contribution in [0.25, 0.3) is 16.0 Å². The second kappa shape index (κ2) is 9.67. The number of aryl methyl sites for hydroxylation is 1. The van der Waals surface area contributed by atoms with Crippen molar-refractivity contribution in [2.24, 2.45) is 0 Å². The van der Waals surface area contributed by atoms with Gasteiger partial charge in [0.05, 0.1) is 36.1 Å². The molecule has 1 aliphatic rings. The Labute approximate surface area is 216 Å². The summed E-state index contributed by atoms with van der Waals surface area (Å²) < 4.78 is 25.2. The van der Waals surface area contributed by atoms with Crippen molar-refractivity contribution in [3.63, 3.8) is 0 Å². The molecule has 2 heterocycles. The van der Waals surface area contributed by atoms with Crippen LogP contribution in [0, 0.1) is 5.82 Å². The number of benzene rings is 3. The van der Waals surface area contributed by atoms with Gasteiger partial charge in [-0.05, 0) is 66.1 Å². The van der Waals surface area contributed by atoms with Gasteiger partial charge in [-0.2, -0.15) is 0 Å². The quantitative estimate of drug-likeness (QED) is 0.202. The number of hydrogen-bond donors (Lipinski definition) is 1. The highest BCUT2D eigenvalue weighted by molar-refractivity contribution is 7.22. The molecule has 7 nitrogen and oxygen atoms in total. The Morgan fingerprint density at radius 3 is 2.43 bits per heavy atom. The van der Waals surface area contributed by atoms with E-state index in [4.69, 9.17) is 9.47 Å². The van der Waals surface area contributed by atoms with E-state index in [-0.39, 0.29) is 11.1 Å². The fourth-order valence-electron chi connectivity index (χ4n) is 4.41. The van der Waals surface area contributed by atoms with Gasteiger partial charge < -0.3 is 14.6 Å². The monoisotopic (exact) mass is 518 g/mol. The molecule has 1 aromatic heterocycles. The average molecular weight is 519 g/mol. The number of aliphatic hydroxyl groups excluding tert-OH is 1. The number of aliphatic hydroxyl groups is 1. The van der Waals surface area contributed by atoms with Crippen LogP contribution in [-0.2, 0) is 16.0 Å². The molecule has 0 bridgehead atoms. The standard InChI is InChI=1S/C28H23FN2O5S/c1-4-15-5-11-19-22(13-15)37-28(30-19)31-24(17-8-12-20(35-2)21(14-17)36-3)23(26(33)27(31)34)25(32)16-6-9-18(29)10-7-16/h5-14,24,32H,4H2,1-3H3/t24-/m0/s1. The maximum absolute atomic E-state index is 13.5. The SMILES string of the molecule is CCc1ccc2nc(N3C(=O)C(=O)C(=C(O)c4ccc(F)cc4)[C@@H]3c3ccc(OC)c(OC)c3)sc2c1. The molecule has 5 rings (SSSR count). The molecule has 1 aliphatic heterocycles. The summed E-state index contributed by atoms with van der Waals surface area (Å²) in [5, 5.41) is 11.5. The van der Waals surface area contributed by atoms with E-state index in [2.05, 4.69) is 4.98 Å². The molecule has 0 aliphatic carbocycles. The molecule has 1 saturated heterocycles. The molecule has 1 atom stereocenters. The minimum atomic E-state index is -1.00. The molecule has 0 saturated carbocycles. The van der Waals surface area contributed by atoms with Crippen molar-refractivity contribution in [2.75, 3.05) is 19.1 Å². The summed E-state index contributed by atoms with van der Waals surface area (Å²) in [7, 11) is 2.99. The fourth-order valence-corrected chi connectivity index (χ4v) is 5.47. The van der Waals surface area contributed by atoms with E-state index >= 15 is 0 Å². The predicted octanol–water partition coefficient (Wildman–Crippen LogP) is 5.64. The Morgan fingerprint density at radius 2 is 1.76 bits per heavy atom. The van der Waals surface area contributed by atoms with Crippen molar-refractivity contribution in [2.45, 2.75) is 19.4 Å². The molecular weight excluding hydrogens is 495 g/mol. The number of fused-ring (bicyclic) bond motifs is 1. The van der Waals surface area contributed by atoms with Crippen LogP contribution in [0.3, 0.4) is 0 Å². The van der Waals surface area contributed by atoms with Gasteiger partial charge in [0.2, 0.25) is 0 Å². The molecule has 188 valence electrons. The summed E-state index contributed by atoms with van der Waals surface area (Å²) in [5.74, 6) is -1.73. The first-order chi connectivity index (χ1) is 17.9. The Hall–Kier alpha value is -4.24. The molecule has 0 unspecified atom stereocenters. The van der Waals surface area contributed by atoms with Gasteiger partial charge in [0.15, 0.2) is 16.6 Å². The molecule has 4 aromatic rings. The van der Waals surface area contributed by atoms with Crippen molar-refractivity contribution in [3.05, 3.63) is 88.7 Å². The van der Waals surface area contributed by atoms with Crippen LogP contribution in [0.1, 0.15) is 29.7 Å². The fraction of sp³-hybridized carbons (Fsp3) is 0.179. The lowest BCUT2D eigenvalue weighted by atomic mass is 9.95. The van der Waals surface area contributed by atoms with Crippen molar-refractivity contribution >= 4 is 44.1 Å². The maximum atomic E-state index is 13.5. The Balaban J connectivity index is 1.73. The third kappa shape index (κ3) is 4.21. The number of Topliss-reactive ketones (excluding diaryl/α,β-unsaturated/α-hetero) is 1. The molecule has 1 amide bonds. The van der Waals surface area contributed by atoms with Crippen molar-refractivity contribution in [1.29, 1.82) is 0 Å². The number of rotatable bonds is 6. The van der Waals surface area contributed by atoms with Gasteiger partial charge >= 0.3 is 5.91 Å². The first-order valence-electron chi connectivity index (χ1n) is 11.5. The lowest BCUT2D eigenvalue weighted by molar-refractivity contribution is -0.132. The highest BCUT2D eigenvalue weighted by Crippen LogP contribution is 2.45. The Kier molecular flexibility index (Phi) is 6.39. The number of amides is 1. The minimum Gasteiger partial charge on any atom is -0.507 e. The molecule has 1 fully saturated rings. The van der Waals surface area contributed by atoms with Gasteiger partial charge in [-0.15, -0.1) is 0 Å². The van der Waals surface area contributed by atoms with E-state index in [1.807, 2.05) is 25.1 Å². The summed E-state index contributed by atoms with van der Waals surface area (Å²) in [4.78, 5) is 32.8. The number of ether oxygens (including phenoxy) is 2. The van der Waals surface area contributed by atoms with Crippen molar-refractivity contribution in [3.8, 4) is 11.5 Å².